The number of nitrogens with zero attached hydrogens (tertiary/aromatic N) is 1. The quantitative estimate of drug-likeness (QED) is 0.159. The van der Waals surface area contributed by atoms with Gasteiger partial charge < -0.3 is 36.9 Å². The van der Waals surface area contributed by atoms with Crippen LogP contribution >= 0.6 is 11.8 Å². The molecule has 1 heterocycles. The van der Waals surface area contributed by atoms with E-state index in [9.17, 15) is 24.0 Å². The Morgan fingerprint density at radius 1 is 1.09 bits per heavy atom. The zero-order chi connectivity index (χ0) is 24.3. The molecule has 0 saturated carbocycles. The molecule has 0 bridgehead atoms. The summed E-state index contributed by atoms with van der Waals surface area (Å²) in [7, 11) is 0. The number of hydrogen-bond acceptors (Lipinski definition) is 8. The molecular formula is C18H28N6O7S. The summed E-state index contributed by atoms with van der Waals surface area (Å²) in [6.45, 7) is 1.29. The van der Waals surface area contributed by atoms with E-state index in [2.05, 4.69) is 25.9 Å². The molecule has 4 atom stereocenters. The zero-order valence-corrected chi connectivity index (χ0v) is 18.5. The van der Waals surface area contributed by atoms with Gasteiger partial charge in [-0.05, 0) is 25.4 Å². The first-order valence-corrected chi connectivity index (χ1v) is 11.0. The highest BCUT2D eigenvalue weighted by molar-refractivity contribution is 7.98. The van der Waals surface area contributed by atoms with Crippen LogP contribution in [0.1, 0.15) is 25.5 Å². The molecule has 0 aliphatic rings. The van der Waals surface area contributed by atoms with Gasteiger partial charge >= 0.3 is 11.9 Å². The number of amides is 3. The van der Waals surface area contributed by atoms with Gasteiger partial charge in [-0.3, -0.25) is 24.0 Å². The number of H-pyrrole nitrogens is 1. The maximum Gasteiger partial charge on any atom is 0.325 e. The molecular weight excluding hydrogens is 444 g/mol. The predicted octanol–water partition coefficient (Wildman–Crippen LogP) is -1.93. The van der Waals surface area contributed by atoms with Gasteiger partial charge in [0.2, 0.25) is 17.7 Å². The fraction of sp³-hybridized carbons (Fsp3) is 0.556. The molecule has 178 valence electrons. The van der Waals surface area contributed by atoms with Crippen LogP contribution in [0.15, 0.2) is 12.5 Å². The summed E-state index contributed by atoms with van der Waals surface area (Å²) in [5.41, 5.74) is 6.07. The SMILES string of the molecule is CSCCC(NC(=O)C(Cc1cnc[nH]1)NC(=O)C(N)CC(=O)O)C(=O)NC(C)C(=O)O. The molecule has 0 radical (unpaired) electrons. The van der Waals surface area contributed by atoms with Gasteiger partial charge in [0.05, 0.1) is 18.8 Å². The van der Waals surface area contributed by atoms with Gasteiger partial charge in [-0.25, -0.2) is 4.98 Å². The third-order valence-corrected chi connectivity index (χ3v) is 4.96. The monoisotopic (exact) mass is 472 g/mol. The maximum absolute atomic E-state index is 12.9. The molecule has 32 heavy (non-hydrogen) atoms. The number of aliphatic carboxylic acids is 2. The second kappa shape index (κ2) is 13.3. The van der Waals surface area contributed by atoms with Gasteiger partial charge in [0.25, 0.3) is 0 Å². The van der Waals surface area contributed by atoms with Crippen molar-refractivity contribution in [3.63, 3.8) is 0 Å². The second-order valence-corrected chi connectivity index (χ2v) is 7.94. The van der Waals surface area contributed by atoms with Gasteiger partial charge in [0.15, 0.2) is 0 Å². The lowest BCUT2D eigenvalue weighted by atomic mass is 10.1. The first kappa shape index (κ1) is 26.9. The van der Waals surface area contributed by atoms with E-state index < -0.39 is 60.2 Å². The van der Waals surface area contributed by atoms with Crippen LogP contribution in [0.5, 0.6) is 0 Å². The summed E-state index contributed by atoms with van der Waals surface area (Å²) in [5.74, 6) is -4.26. The van der Waals surface area contributed by atoms with Gasteiger partial charge in [-0.1, -0.05) is 0 Å². The van der Waals surface area contributed by atoms with E-state index in [1.807, 2.05) is 6.26 Å². The Morgan fingerprint density at radius 2 is 1.72 bits per heavy atom. The molecule has 1 aromatic rings. The number of aromatic nitrogens is 2. The Morgan fingerprint density at radius 3 is 2.25 bits per heavy atom. The Kier molecular flexibility index (Phi) is 11.2. The number of carbonyl (C=O) groups excluding carboxylic acids is 3. The summed E-state index contributed by atoms with van der Waals surface area (Å²) >= 11 is 1.43. The van der Waals surface area contributed by atoms with Crippen LogP contribution < -0.4 is 21.7 Å². The Hall–Kier alpha value is -3.13. The average molecular weight is 473 g/mol. The smallest absolute Gasteiger partial charge is 0.325 e. The van der Waals surface area contributed by atoms with Crippen LogP contribution in [0.25, 0.3) is 0 Å². The van der Waals surface area contributed by atoms with Gasteiger partial charge in [0.1, 0.15) is 18.1 Å². The van der Waals surface area contributed by atoms with E-state index >= 15 is 0 Å². The summed E-state index contributed by atoms with van der Waals surface area (Å²) in [6, 6.07) is -4.78. The highest BCUT2D eigenvalue weighted by Crippen LogP contribution is 2.05. The van der Waals surface area contributed by atoms with E-state index in [4.69, 9.17) is 15.9 Å². The van der Waals surface area contributed by atoms with Crippen molar-refractivity contribution in [3.05, 3.63) is 18.2 Å². The number of imidazole rings is 1. The van der Waals surface area contributed by atoms with E-state index in [-0.39, 0.29) is 12.8 Å². The number of rotatable bonds is 14. The van der Waals surface area contributed by atoms with E-state index in [0.717, 1.165) is 0 Å². The van der Waals surface area contributed by atoms with E-state index in [1.165, 1.54) is 31.2 Å². The summed E-state index contributed by atoms with van der Waals surface area (Å²) < 4.78 is 0. The van der Waals surface area contributed by atoms with E-state index in [1.54, 1.807) is 0 Å². The molecule has 4 unspecified atom stereocenters. The summed E-state index contributed by atoms with van der Waals surface area (Å²) in [6.07, 6.45) is 4.19. The van der Waals surface area contributed by atoms with Crippen molar-refractivity contribution in [1.29, 1.82) is 0 Å². The standard InChI is InChI=1S/C18H28N6O7S/c1-9(18(30)31)22-16(28)12(3-4-32-2)23-17(29)13(5-10-7-20-8-21-10)24-15(27)11(19)6-14(25)26/h7-9,11-13H,3-6,19H2,1-2H3,(H,20,21)(H,22,28)(H,23,29)(H,24,27)(H,25,26)(H,30,31). The Bertz CT molecular complexity index is 804. The van der Waals surface area contributed by atoms with Crippen molar-refractivity contribution in [2.45, 2.75) is 50.4 Å². The van der Waals surface area contributed by atoms with Crippen LogP contribution in [0.4, 0.5) is 0 Å². The maximum atomic E-state index is 12.9. The molecule has 0 aliphatic carbocycles. The van der Waals surface area contributed by atoms with Crippen molar-refractivity contribution in [2.75, 3.05) is 12.0 Å². The highest BCUT2D eigenvalue weighted by atomic mass is 32.2. The summed E-state index contributed by atoms with van der Waals surface area (Å²) in [5, 5.41) is 25.1. The topological polar surface area (TPSA) is 217 Å². The lowest BCUT2D eigenvalue weighted by molar-refractivity contribution is -0.141. The molecule has 3 amide bonds. The van der Waals surface area contributed by atoms with Gasteiger partial charge in [-0.2, -0.15) is 11.8 Å². The third kappa shape index (κ3) is 9.34. The molecule has 0 aliphatic heterocycles. The number of nitrogens with two attached hydrogens (primary N) is 1. The van der Waals surface area contributed by atoms with Crippen LogP contribution in [-0.4, -0.2) is 86.0 Å². The minimum absolute atomic E-state index is 0.0280. The predicted molar refractivity (Wildman–Crippen MR) is 115 cm³/mol. The zero-order valence-electron chi connectivity index (χ0n) is 17.7. The molecule has 13 nitrogen and oxygen atoms in total. The van der Waals surface area contributed by atoms with Crippen molar-refractivity contribution in [3.8, 4) is 0 Å². The number of thioether (sulfide) groups is 1. The molecule has 0 aromatic carbocycles. The highest BCUT2D eigenvalue weighted by Gasteiger charge is 2.30. The van der Waals surface area contributed by atoms with Crippen molar-refractivity contribution >= 4 is 41.4 Å². The number of nitrogens with one attached hydrogen (secondary N) is 4. The average Bonchev–Trinajstić information content (AvgIpc) is 3.22. The number of carboxylic acid groups (broad SMARTS) is 2. The third-order valence-electron chi connectivity index (χ3n) is 4.32. The second-order valence-electron chi connectivity index (χ2n) is 6.96. The number of aromatic amines is 1. The Balaban J connectivity index is 2.97. The van der Waals surface area contributed by atoms with Crippen LogP contribution in [0.2, 0.25) is 0 Å². The molecule has 0 spiro atoms. The normalized spacial score (nSPS) is 14.5. The number of carbonyl (C=O) groups is 5. The molecule has 14 heteroatoms. The number of carboxylic acids is 2. The largest absolute Gasteiger partial charge is 0.481 e. The Labute approximate surface area is 188 Å². The van der Waals surface area contributed by atoms with Crippen LogP contribution in [0, 0.1) is 0 Å². The lowest BCUT2D eigenvalue weighted by Crippen LogP contribution is -2.57. The van der Waals surface area contributed by atoms with E-state index in [0.29, 0.717) is 11.4 Å². The number of hydrogen-bond donors (Lipinski definition) is 7. The minimum Gasteiger partial charge on any atom is -0.481 e. The fourth-order valence-corrected chi connectivity index (χ4v) is 3.01. The molecule has 0 fully saturated rings. The van der Waals surface area contributed by atoms with Gasteiger partial charge in [-0.15, -0.1) is 0 Å². The van der Waals surface area contributed by atoms with Crippen molar-refractivity contribution in [1.82, 2.24) is 25.9 Å². The lowest BCUT2D eigenvalue weighted by Gasteiger charge is -2.24. The van der Waals surface area contributed by atoms with Crippen LogP contribution in [-0.2, 0) is 30.4 Å². The molecule has 1 aromatic heterocycles. The molecule has 8 N–H and O–H groups in total. The first-order valence-electron chi connectivity index (χ1n) is 9.62. The minimum atomic E-state index is -1.38. The van der Waals surface area contributed by atoms with Crippen molar-refractivity contribution in [2.24, 2.45) is 5.73 Å². The summed E-state index contributed by atoms with van der Waals surface area (Å²) in [4.78, 5) is 66.2. The molecule has 0 saturated heterocycles. The first-order chi connectivity index (χ1) is 15.0. The fourth-order valence-electron chi connectivity index (χ4n) is 2.54. The van der Waals surface area contributed by atoms with Gasteiger partial charge in [0, 0.05) is 18.3 Å². The van der Waals surface area contributed by atoms with Crippen LogP contribution in [0.3, 0.4) is 0 Å². The molecule has 1 rings (SSSR count). The van der Waals surface area contributed by atoms with Crippen molar-refractivity contribution < 1.29 is 34.2 Å².